The van der Waals surface area contributed by atoms with Crippen molar-refractivity contribution in [1.82, 2.24) is 9.55 Å². The predicted octanol–water partition coefficient (Wildman–Crippen LogP) is 4.36. The van der Waals surface area contributed by atoms with E-state index in [0.717, 1.165) is 25.7 Å². The third-order valence-corrected chi connectivity index (χ3v) is 5.67. The molecule has 0 radical (unpaired) electrons. The molecule has 7 heteroatoms. The first-order valence-electron chi connectivity index (χ1n) is 9.68. The minimum atomic E-state index is -0.336. The summed E-state index contributed by atoms with van der Waals surface area (Å²) in [6.45, 7) is 2.70. The number of rotatable bonds is 9. The number of carbonyl (C=O) groups excluding carboxylic acids is 1. The van der Waals surface area contributed by atoms with E-state index in [0.29, 0.717) is 28.2 Å². The molecule has 0 aliphatic rings. The Labute approximate surface area is 173 Å². The van der Waals surface area contributed by atoms with Gasteiger partial charge in [-0.05, 0) is 36.8 Å². The fraction of sp³-hybridized carbons (Fsp3) is 0.318. The Morgan fingerprint density at radius 3 is 2.62 bits per heavy atom. The quantitative estimate of drug-likeness (QED) is 0.178. The van der Waals surface area contributed by atoms with Crippen LogP contribution in [-0.2, 0) is 6.54 Å². The number of fused-ring (bicyclic) bond motifs is 1. The number of aromatic hydroxyl groups is 2. The van der Waals surface area contributed by atoms with Crippen LogP contribution in [0.25, 0.3) is 10.9 Å². The van der Waals surface area contributed by atoms with Crippen molar-refractivity contribution in [2.24, 2.45) is 0 Å². The van der Waals surface area contributed by atoms with Gasteiger partial charge in [-0.1, -0.05) is 50.1 Å². The Morgan fingerprint density at radius 2 is 1.86 bits per heavy atom. The number of phenols is 2. The number of phenolic OH excluding ortho intramolecular Hbond substituents is 2. The van der Waals surface area contributed by atoms with Crippen LogP contribution in [0, 0.1) is 0 Å². The van der Waals surface area contributed by atoms with E-state index in [1.54, 1.807) is 16.7 Å². The highest BCUT2D eigenvalue weighted by Crippen LogP contribution is 2.26. The first kappa shape index (κ1) is 20.9. The summed E-state index contributed by atoms with van der Waals surface area (Å²) in [7, 11) is 0. The summed E-state index contributed by atoms with van der Waals surface area (Å²) in [5, 5.41) is 20.1. The van der Waals surface area contributed by atoms with E-state index in [4.69, 9.17) is 0 Å². The minimum Gasteiger partial charge on any atom is -0.504 e. The van der Waals surface area contributed by atoms with Crippen LogP contribution in [0.1, 0.15) is 43.0 Å². The average molecular weight is 413 g/mol. The summed E-state index contributed by atoms with van der Waals surface area (Å²) in [5.41, 5.74) is 0.814. The van der Waals surface area contributed by atoms with Crippen molar-refractivity contribution >= 4 is 28.4 Å². The van der Waals surface area contributed by atoms with E-state index in [1.165, 1.54) is 30.0 Å². The maximum Gasteiger partial charge on any atom is 0.262 e. The largest absolute Gasteiger partial charge is 0.504 e. The number of benzene rings is 2. The number of hydrogen-bond donors (Lipinski definition) is 2. The first-order chi connectivity index (χ1) is 14.0. The summed E-state index contributed by atoms with van der Waals surface area (Å²) >= 11 is 1.21. The first-order valence-corrected chi connectivity index (χ1v) is 10.7. The Hall–Kier alpha value is -2.80. The van der Waals surface area contributed by atoms with Crippen molar-refractivity contribution in [3.05, 3.63) is 58.4 Å². The molecule has 6 nitrogen and oxygen atoms in total. The number of nitrogens with zero attached hydrogens (tertiary/aromatic N) is 2. The molecule has 0 fully saturated rings. The van der Waals surface area contributed by atoms with Crippen LogP contribution in [0.2, 0.25) is 0 Å². The summed E-state index contributed by atoms with van der Waals surface area (Å²) in [6.07, 6.45) is 4.13. The van der Waals surface area contributed by atoms with Crippen molar-refractivity contribution in [3.8, 4) is 11.5 Å². The van der Waals surface area contributed by atoms with E-state index >= 15 is 0 Å². The van der Waals surface area contributed by atoms with Crippen LogP contribution in [0.3, 0.4) is 0 Å². The van der Waals surface area contributed by atoms with Crippen LogP contribution < -0.4 is 5.56 Å². The highest BCUT2D eigenvalue weighted by molar-refractivity contribution is 7.99. The number of Topliss-reactive ketones (excluding diaryl/α,β-unsaturated/α-hetero) is 1. The van der Waals surface area contributed by atoms with Gasteiger partial charge in [-0.15, -0.1) is 0 Å². The molecule has 0 spiro atoms. The van der Waals surface area contributed by atoms with Gasteiger partial charge in [0, 0.05) is 12.1 Å². The molecular formula is C22H24N2O4S. The van der Waals surface area contributed by atoms with Gasteiger partial charge in [-0.2, -0.15) is 0 Å². The number of thioether (sulfide) groups is 1. The molecule has 0 aliphatic heterocycles. The molecule has 0 amide bonds. The normalized spacial score (nSPS) is 11.1. The topological polar surface area (TPSA) is 92.4 Å². The highest BCUT2D eigenvalue weighted by atomic mass is 32.2. The van der Waals surface area contributed by atoms with Gasteiger partial charge >= 0.3 is 0 Å². The van der Waals surface area contributed by atoms with Gasteiger partial charge in [-0.25, -0.2) is 4.98 Å². The Kier molecular flexibility index (Phi) is 6.93. The molecule has 29 heavy (non-hydrogen) atoms. The maximum absolute atomic E-state index is 13.0. The Bertz CT molecular complexity index is 1080. The highest BCUT2D eigenvalue weighted by Gasteiger charge is 2.15. The minimum absolute atomic E-state index is 0.0734. The zero-order valence-corrected chi connectivity index (χ0v) is 17.1. The number of hydrogen-bond acceptors (Lipinski definition) is 6. The summed E-state index contributed by atoms with van der Waals surface area (Å²) in [6, 6.07) is 11.2. The van der Waals surface area contributed by atoms with Crippen LogP contribution in [0.5, 0.6) is 11.5 Å². The van der Waals surface area contributed by atoms with Crippen molar-refractivity contribution in [2.75, 3.05) is 5.75 Å². The van der Waals surface area contributed by atoms with Gasteiger partial charge in [0.15, 0.2) is 22.4 Å². The van der Waals surface area contributed by atoms with Crippen LogP contribution in [-0.4, -0.2) is 31.3 Å². The van der Waals surface area contributed by atoms with Crippen molar-refractivity contribution in [3.63, 3.8) is 0 Å². The monoisotopic (exact) mass is 412 g/mol. The summed E-state index contributed by atoms with van der Waals surface area (Å²) in [5.74, 6) is -0.752. The van der Waals surface area contributed by atoms with Gasteiger partial charge in [0.2, 0.25) is 0 Å². The molecule has 0 bridgehead atoms. The molecule has 2 N–H and O–H groups in total. The molecule has 3 rings (SSSR count). The van der Waals surface area contributed by atoms with Gasteiger partial charge < -0.3 is 10.2 Å². The number of para-hydroxylation sites is 1. The molecular weight excluding hydrogens is 388 g/mol. The number of ketones is 1. The third-order valence-electron chi connectivity index (χ3n) is 4.69. The summed E-state index contributed by atoms with van der Waals surface area (Å²) < 4.78 is 1.66. The summed E-state index contributed by atoms with van der Waals surface area (Å²) in [4.78, 5) is 30.1. The van der Waals surface area contributed by atoms with E-state index in [2.05, 4.69) is 11.9 Å². The van der Waals surface area contributed by atoms with E-state index in [-0.39, 0.29) is 28.6 Å². The number of carbonyl (C=O) groups is 1. The maximum atomic E-state index is 13.0. The third kappa shape index (κ3) is 4.98. The second-order valence-electron chi connectivity index (χ2n) is 6.84. The van der Waals surface area contributed by atoms with Gasteiger partial charge in [0.1, 0.15) is 0 Å². The molecule has 0 saturated carbocycles. The van der Waals surface area contributed by atoms with Crippen molar-refractivity contribution < 1.29 is 15.0 Å². The molecule has 0 aliphatic carbocycles. The lowest BCUT2D eigenvalue weighted by atomic mass is 10.1. The van der Waals surface area contributed by atoms with Gasteiger partial charge in [0.25, 0.3) is 5.56 Å². The molecule has 3 aromatic rings. The molecule has 1 heterocycles. The molecule has 152 valence electrons. The molecule has 2 aromatic carbocycles. The van der Waals surface area contributed by atoms with Gasteiger partial charge in [0.05, 0.1) is 16.7 Å². The van der Waals surface area contributed by atoms with Crippen LogP contribution in [0.15, 0.2) is 52.4 Å². The van der Waals surface area contributed by atoms with Crippen molar-refractivity contribution in [1.29, 1.82) is 0 Å². The second-order valence-corrected chi connectivity index (χ2v) is 7.79. The smallest absolute Gasteiger partial charge is 0.262 e. The second kappa shape index (κ2) is 9.60. The molecule has 0 atom stereocenters. The van der Waals surface area contributed by atoms with Crippen LogP contribution in [0.4, 0.5) is 0 Å². The molecule has 0 saturated heterocycles. The zero-order chi connectivity index (χ0) is 20.8. The van der Waals surface area contributed by atoms with E-state index in [1.807, 2.05) is 12.1 Å². The Morgan fingerprint density at radius 1 is 1.07 bits per heavy atom. The van der Waals surface area contributed by atoms with E-state index < -0.39 is 0 Å². The zero-order valence-electron chi connectivity index (χ0n) is 16.3. The molecule has 0 unspecified atom stereocenters. The predicted molar refractivity (Wildman–Crippen MR) is 115 cm³/mol. The average Bonchev–Trinajstić information content (AvgIpc) is 2.73. The lowest BCUT2D eigenvalue weighted by Gasteiger charge is -2.13. The van der Waals surface area contributed by atoms with Crippen molar-refractivity contribution in [2.45, 2.75) is 44.3 Å². The lowest BCUT2D eigenvalue weighted by molar-refractivity contribution is 0.102. The van der Waals surface area contributed by atoms with Gasteiger partial charge in [-0.3, -0.25) is 14.2 Å². The van der Waals surface area contributed by atoms with E-state index in [9.17, 15) is 19.8 Å². The van der Waals surface area contributed by atoms with Crippen LogP contribution >= 0.6 is 11.8 Å². The molecule has 1 aromatic heterocycles. The fourth-order valence-electron chi connectivity index (χ4n) is 3.06. The fourth-order valence-corrected chi connectivity index (χ4v) is 3.98. The number of aromatic nitrogens is 2. The number of unbranched alkanes of at least 4 members (excludes halogenated alkanes) is 3. The standard InChI is InChI=1S/C22H24N2O4S/c1-2-3-4-7-12-24-21(28)16-8-5-6-9-17(16)23-22(24)29-14-20(27)15-10-11-18(25)19(26)13-15/h5-6,8-11,13,25-26H,2-4,7,12,14H2,1H3. The lowest BCUT2D eigenvalue weighted by Crippen LogP contribution is -2.24. The Balaban J connectivity index is 1.85. The SMILES string of the molecule is CCCCCCn1c(SCC(=O)c2ccc(O)c(O)c2)nc2ccccc2c1=O.